The molecule has 1 saturated carbocycles. The maximum absolute atomic E-state index is 11.2. The molecule has 0 radical (unpaired) electrons. The van der Waals surface area contributed by atoms with Crippen LogP contribution in [0.15, 0.2) is 24.0 Å². The van der Waals surface area contributed by atoms with Crippen molar-refractivity contribution in [2.24, 2.45) is 11.8 Å². The van der Waals surface area contributed by atoms with Crippen LogP contribution in [0.1, 0.15) is 19.3 Å². The lowest BCUT2D eigenvalue weighted by molar-refractivity contribution is -0.121. The van der Waals surface area contributed by atoms with Gasteiger partial charge in [-0.3, -0.25) is 4.79 Å². The normalized spacial score (nSPS) is 32.4. The maximum Gasteiger partial charge on any atom is 0.133 e. The van der Waals surface area contributed by atoms with Crippen LogP contribution < -0.4 is 0 Å². The number of methoxy groups -OCH3 is 1. The molecule has 0 bridgehead atoms. The average Bonchev–Trinajstić information content (AvgIpc) is 2.16. The molecule has 0 aliphatic heterocycles. The molecule has 2 nitrogen and oxygen atoms in total. The second kappa shape index (κ2) is 3.36. The Morgan fingerprint density at radius 3 is 3.08 bits per heavy atom. The van der Waals surface area contributed by atoms with Crippen LogP contribution in [-0.4, -0.2) is 12.9 Å². The summed E-state index contributed by atoms with van der Waals surface area (Å²) in [5.74, 6) is 2.25. The highest BCUT2D eigenvalue weighted by molar-refractivity contribution is 5.79. The van der Waals surface area contributed by atoms with Crippen LogP contribution in [0.4, 0.5) is 0 Å². The number of carbonyl (C=O) groups excluding carboxylic acids is 1. The van der Waals surface area contributed by atoms with Crippen LogP contribution in [0.3, 0.4) is 0 Å². The topological polar surface area (TPSA) is 26.3 Å². The zero-order valence-corrected chi connectivity index (χ0v) is 7.82. The molecule has 2 aliphatic rings. The third-order valence-corrected chi connectivity index (χ3v) is 2.89. The van der Waals surface area contributed by atoms with Crippen molar-refractivity contribution in [1.82, 2.24) is 0 Å². The number of fused-ring (bicyclic) bond motifs is 1. The standard InChI is InChI=1S/C11H14O2/c1-13-11-5-3-8-2-4-10(12)6-9(8)7-11/h3,5,7-9H,2,4,6H2,1H3. The predicted molar refractivity (Wildman–Crippen MR) is 50.1 cm³/mol. The Balaban J connectivity index is 2.13. The number of allylic oxidation sites excluding steroid dienone is 3. The summed E-state index contributed by atoms with van der Waals surface area (Å²) in [5, 5.41) is 0. The van der Waals surface area contributed by atoms with Crippen LogP contribution >= 0.6 is 0 Å². The molecule has 0 aromatic carbocycles. The van der Waals surface area contributed by atoms with Crippen LogP contribution in [0.5, 0.6) is 0 Å². The van der Waals surface area contributed by atoms with Crippen LogP contribution in [-0.2, 0) is 9.53 Å². The van der Waals surface area contributed by atoms with Gasteiger partial charge in [-0.15, -0.1) is 0 Å². The van der Waals surface area contributed by atoms with E-state index in [1.54, 1.807) is 7.11 Å². The molecule has 2 atom stereocenters. The first-order valence-corrected chi connectivity index (χ1v) is 4.75. The third-order valence-electron chi connectivity index (χ3n) is 2.89. The Bertz CT molecular complexity index is 276. The molecule has 0 heterocycles. The van der Waals surface area contributed by atoms with Crippen LogP contribution in [0, 0.1) is 11.8 Å². The summed E-state index contributed by atoms with van der Waals surface area (Å²) in [6.07, 6.45) is 8.73. The highest BCUT2D eigenvalue weighted by Crippen LogP contribution is 2.34. The smallest absolute Gasteiger partial charge is 0.133 e. The fraction of sp³-hybridized carbons (Fsp3) is 0.545. The zero-order valence-electron chi connectivity index (χ0n) is 7.82. The van der Waals surface area contributed by atoms with Crippen LogP contribution in [0.2, 0.25) is 0 Å². The molecule has 2 unspecified atom stereocenters. The van der Waals surface area contributed by atoms with Gasteiger partial charge in [-0.2, -0.15) is 0 Å². The highest BCUT2D eigenvalue weighted by atomic mass is 16.5. The first kappa shape index (κ1) is 8.54. The lowest BCUT2D eigenvalue weighted by atomic mass is 9.76. The molecule has 13 heavy (non-hydrogen) atoms. The average molecular weight is 178 g/mol. The third kappa shape index (κ3) is 1.67. The van der Waals surface area contributed by atoms with E-state index in [0.29, 0.717) is 24.0 Å². The summed E-state index contributed by atoms with van der Waals surface area (Å²) >= 11 is 0. The van der Waals surface area contributed by atoms with Crippen molar-refractivity contribution in [3.8, 4) is 0 Å². The van der Waals surface area contributed by atoms with Gasteiger partial charge in [0.05, 0.1) is 7.11 Å². The molecule has 0 aromatic rings. The number of rotatable bonds is 1. The Labute approximate surface area is 78.3 Å². The van der Waals surface area contributed by atoms with Gasteiger partial charge in [-0.1, -0.05) is 6.08 Å². The summed E-state index contributed by atoms with van der Waals surface area (Å²) in [4.78, 5) is 11.2. The van der Waals surface area contributed by atoms with Crippen molar-refractivity contribution in [1.29, 1.82) is 0 Å². The van der Waals surface area contributed by atoms with Gasteiger partial charge in [0, 0.05) is 12.8 Å². The van der Waals surface area contributed by atoms with Gasteiger partial charge in [-0.05, 0) is 30.4 Å². The summed E-state index contributed by atoms with van der Waals surface area (Å²) in [7, 11) is 1.67. The molecule has 1 fully saturated rings. The molecule has 0 aromatic heterocycles. The van der Waals surface area contributed by atoms with Gasteiger partial charge >= 0.3 is 0 Å². The van der Waals surface area contributed by atoms with E-state index in [4.69, 9.17) is 4.74 Å². The first-order chi connectivity index (χ1) is 6.29. The summed E-state index contributed by atoms with van der Waals surface area (Å²) < 4.78 is 5.14. The van der Waals surface area contributed by atoms with Gasteiger partial charge in [0.2, 0.25) is 0 Å². The number of ketones is 1. The van der Waals surface area contributed by atoms with Crippen molar-refractivity contribution >= 4 is 5.78 Å². The quantitative estimate of drug-likeness (QED) is 0.614. The van der Waals surface area contributed by atoms with Gasteiger partial charge in [0.1, 0.15) is 11.5 Å². The SMILES string of the molecule is COC1=CC2CC(=O)CCC2C=C1. The molecule has 2 aliphatic carbocycles. The minimum absolute atomic E-state index is 0.390. The molecule has 0 spiro atoms. The molecule has 70 valence electrons. The maximum atomic E-state index is 11.2. The van der Waals surface area contributed by atoms with Crippen molar-refractivity contribution < 1.29 is 9.53 Å². The summed E-state index contributed by atoms with van der Waals surface area (Å²) in [6.45, 7) is 0. The Morgan fingerprint density at radius 1 is 1.46 bits per heavy atom. The Morgan fingerprint density at radius 2 is 2.31 bits per heavy atom. The van der Waals surface area contributed by atoms with Crippen molar-refractivity contribution in [2.75, 3.05) is 7.11 Å². The van der Waals surface area contributed by atoms with Gasteiger partial charge < -0.3 is 4.74 Å². The van der Waals surface area contributed by atoms with Crippen molar-refractivity contribution in [3.05, 3.63) is 24.0 Å². The largest absolute Gasteiger partial charge is 0.497 e. The van der Waals surface area contributed by atoms with Gasteiger partial charge in [0.15, 0.2) is 0 Å². The fourth-order valence-electron chi connectivity index (χ4n) is 2.10. The van der Waals surface area contributed by atoms with E-state index in [1.165, 1.54) is 0 Å². The van der Waals surface area contributed by atoms with Crippen molar-refractivity contribution in [2.45, 2.75) is 19.3 Å². The van der Waals surface area contributed by atoms with Gasteiger partial charge in [-0.25, -0.2) is 0 Å². The second-order valence-electron chi connectivity index (χ2n) is 3.74. The molecular formula is C11H14O2. The number of Topliss-reactive ketones (excluding diaryl/α,β-unsaturated/α-hetero) is 1. The van der Waals surface area contributed by atoms with E-state index in [9.17, 15) is 4.79 Å². The number of ether oxygens (including phenoxy) is 1. The lowest BCUT2D eigenvalue weighted by Crippen LogP contribution is -2.24. The van der Waals surface area contributed by atoms with E-state index in [2.05, 4.69) is 12.2 Å². The minimum Gasteiger partial charge on any atom is -0.497 e. The van der Waals surface area contributed by atoms with Gasteiger partial charge in [0.25, 0.3) is 0 Å². The fourth-order valence-corrected chi connectivity index (χ4v) is 2.10. The van der Waals surface area contributed by atoms with Crippen molar-refractivity contribution in [3.63, 3.8) is 0 Å². The van der Waals surface area contributed by atoms with E-state index < -0.39 is 0 Å². The molecule has 0 N–H and O–H groups in total. The number of hydrogen-bond acceptors (Lipinski definition) is 2. The second-order valence-corrected chi connectivity index (χ2v) is 3.74. The highest BCUT2D eigenvalue weighted by Gasteiger charge is 2.28. The molecule has 0 saturated heterocycles. The monoisotopic (exact) mass is 178 g/mol. The minimum atomic E-state index is 0.390. The predicted octanol–water partition coefficient (Wildman–Crippen LogP) is 2.07. The van der Waals surface area contributed by atoms with E-state index in [0.717, 1.165) is 18.6 Å². The molecule has 2 heteroatoms. The lowest BCUT2D eigenvalue weighted by Gasteiger charge is -2.29. The first-order valence-electron chi connectivity index (χ1n) is 4.75. The van der Waals surface area contributed by atoms with E-state index in [-0.39, 0.29) is 0 Å². The van der Waals surface area contributed by atoms with E-state index in [1.807, 2.05) is 6.08 Å². The van der Waals surface area contributed by atoms with Crippen LogP contribution in [0.25, 0.3) is 0 Å². The van der Waals surface area contributed by atoms with E-state index >= 15 is 0 Å². The number of carbonyl (C=O) groups is 1. The molecule has 0 amide bonds. The summed E-state index contributed by atoms with van der Waals surface area (Å²) in [6, 6.07) is 0. The molecule has 2 rings (SSSR count). The summed E-state index contributed by atoms with van der Waals surface area (Å²) in [5.41, 5.74) is 0. The Hall–Kier alpha value is -1.05. The Kier molecular flexibility index (Phi) is 2.21. The number of hydrogen-bond donors (Lipinski definition) is 0. The molecular weight excluding hydrogens is 164 g/mol. The zero-order chi connectivity index (χ0) is 9.26.